The fourth-order valence-corrected chi connectivity index (χ4v) is 4.85. The van der Waals surface area contributed by atoms with Gasteiger partial charge in [-0.3, -0.25) is 9.59 Å². The third-order valence-electron chi connectivity index (χ3n) is 5.07. The summed E-state index contributed by atoms with van der Waals surface area (Å²) in [6.07, 6.45) is 1.18. The first-order valence-electron chi connectivity index (χ1n) is 10.0. The van der Waals surface area contributed by atoms with E-state index >= 15 is 0 Å². The number of amides is 1. The molecule has 0 aliphatic rings. The van der Waals surface area contributed by atoms with Gasteiger partial charge in [0.2, 0.25) is 21.2 Å². The van der Waals surface area contributed by atoms with E-state index in [9.17, 15) is 18.0 Å². The van der Waals surface area contributed by atoms with Crippen molar-refractivity contribution in [3.63, 3.8) is 0 Å². The number of carbonyl (C=O) groups excluding carboxylic acids is 1. The van der Waals surface area contributed by atoms with Crippen molar-refractivity contribution in [2.75, 3.05) is 12.4 Å². The quantitative estimate of drug-likeness (QED) is 0.471. The summed E-state index contributed by atoms with van der Waals surface area (Å²) in [5, 5.41) is 2.87. The number of pyridine rings is 2. The number of aryl methyl sites for hydroxylation is 1. The summed E-state index contributed by atoms with van der Waals surface area (Å²) in [7, 11) is -2.62. The van der Waals surface area contributed by atoms with Crippen LogP contribution in [-0.2, 0) is 21.2 Å². The Morgan fingerprint density at radius 1 is 1.03 bits per heavy atom. The van der Waals surface area contributed by atoms with Crippen LogP contribution < -0.4 is 15.5 Å². The third-order valence-corrected chi connectivity index (χ3v) is 6.83. The van der Waals surface area contributed by atoms with Gasteiger partial charge in [-0.15, -0.1) is 0 Å². The summed E-state index contributed by atoms with van der Waals surface area (Å²) in [5.41, 5.74) is 0.654. The molecule has 0 radical (unpaired) electrons. The number of rotatable bonds is 6. The van der Waals surface area contributed by atoms with E-state index in [2.05, 4.69) is 10.3 Å². The molecule has 2 aromatic carbocycles. The Labute approximate surface area is 190 Å². The molecule has 9 heteroatoms. The lowest BCUT2D eigenvalue weighted by Crippen LogP contribution is -2.24. The van der Waals surface area contributed by atoms with E-state index in [1.165, 1.54) is 36.1 Å². The van der Waals surface area contributed by atoms with Gasteiger partial charge in [-0.05, 0) is 43.3 Å². The Hall–Kier alpha value is -3.98. The Bertz CT molecular complexity index is 1510. The van der Waals surface area contributed by atoms with Crippen LogP contribution in [0, 0.1) is 6.92 Å². The van der Waals surface area contributed by atoms with Crippen LogP contribution in [0.3, 0.4) is 0 Å². The van der Waals surface area contributed by atoms with Crippen LogP contribution in [0.4, 0.5) is 5.69 Å². The van der Waals surface area contributed by atoms with Gasteiger partial charge in [-0.1, -0.05) is 30.3 Å². The average molecular weight is 464 g/mol. The number of hydrogen-bond donors (Lipinski definition) is 1. The molecule has 8 nitrogen and oxygen atoms in total. The molecule has 0 atom stereocenters. The SMILES string of the molecule is COc1ccccc1NC(=O)Cn1cc(S(=O)(=O)c2ccccc2)c(=O)c2ccc(C)nc21. The summed E-state index contributed by atoms with van der Waals surface area (Å²) in [6.45, 7) is 1.49. The number of aromatic nitrogens is 2. The Kier molecular flexibility index (Phi) is 5.97. The molecule has 0 saturated carbocycles. The van der Waals surface area contributed by atoms with Crippen LogP contribution in [0.25, 0.3) is 11.0 Å². The third kappa shape index (κ3) is 4.35. The number of nitrogens with zero attached hydrogens (tertiary/aromatic N) is 2. The summed E-state index contributed by atoms with van der Waals surface area (Å²) < 4.78 is 33.1. The van der Waals surface area contributed by atoms with Crippen molar-refractivity contribution < 1.29 is 17.9 Å². The molecule has 0 aliphatic heterocycles. The van der Waals surface area contributed by atoms with Crippen LogP contribution in [0.15, 0.2) is 87.5 Å². The number of carbonyl (C=O) groups is 1. The highest BCUT2D eigenvalue weighted by Gasteiger charge is 2.24. The topological polar surface area (TPSA) is 107 Å². The number of anilines is 1. The highest BCUT2D eigenvalue weighted by molar-refractivity contribution is 7.91. The summed E-state index contributed by atoms with van der Waals surface area (Å²) in [6, 6.07) is 17.8. The Morgan fingerprint density at radius 3 is 2.45 bits per heavy atom. The van der Waals surface area contributed by atoms with Crippen LogP contribution in [0.5, 0.6) is 5.75 Å². The van der Waals surface area contributed by atoms with E-state index in [-0.39, 0.29) is 22.5 Å². The average Bonchev–Trinajstić information content (AvgIpc) is 2.81. The van der Waals surface area contributed by atoms with Crippen molar-refractivity contribution >= 4 is 32.5 Å². The first-order chi connectivity index (χ1) is 15.8. The van der Waals surface area contributed by atoms with Gasteiger partial charge in [-0.2, -0.15) is 0 Å². The molecule has 168 valence electrons. The van der Waals surface area contributed by atoms with Crippen LogP contribution in [0.2, 0.25) is 0 Å². The number of sulfone groups is 1. The maximum atomic E-state index is 13.2. The van der Waals surface area contributed by atoms with Crippen molar-refractivity contribution in [3.05, 3.63) is 88.8 Å². The number of hydrogen-bond acceptors (Lipinski definition) is 6. The minimum Gasteiger partial charge on any atom is -0.495 e. The number of benzene rings is 2. The highest BCUT2D eigenvalue weighted by Crippen LogP contribution is 2.24. The molecular formula is C24H21N3O5S. The van der Waals surface area contributed by atoms with Crippen LogP contribution >= 0.6 is 0 Å². The number of methoxy groups -OCH3 is 1. The van der Waals surface area contributed by atoms with Gasteiger partial charge in [0, 0.05) is 11.9 Å². The van der Waals surface area contributed by atoms with Gasteiger partial charge in [0.1, 0.15) is 22.8 Å². The second-order valence-electron chi connectivity index (χ2n) is 7.34. The first kappa shape index (κ1) is 22.2. The molecule has 1 N–H and O–H groups in total. The molecule has 4 aromatic rings. The standard InChI is InChI=1S/C24H21N3O5S/c1-16-12-13-18-23(29)21(33(30,31)17-8-4-3-5-9-17)14-27(24(18)25-16)15-22(28)26-19-10-6-7-11-20(19)32-2/h3-14H,15H2,1-2H3,(H,26,28). The van der Waals surface area contributed by atoms with Gasteiger partial charge in [0.15, 0.2) is 0 Å². The minimum absolute atomic E-state index is 0.00783. The minimum atomic E-state index is -4.11. The highest BCUT2D eigenvalue weighted by atomic mass is 32.2. The van der Waals surface area contributed by atoms with Crippen molar-refractivity contribution in [1.29, 1.82) is 0 Å². The molecule has 0 fully saturated rings. The second kappa shape index (κ2) is 8.87. The maximum Gasteiger partial charge on any atom is 0.244 e. The monoisotopic (exact) mass is 463 g/mol. The molecule has 0 unspecified atom stereocenters. The molecule has 1 amide bonds. The number of fused-ring (bicyclic) bond motifs is 1. The van der Waals surface area contributed by atoms with Crippen molar-refractivity contribution in [2.45, 2.75) is 23.3 Å². The molecule has 0 saturated heterocycles. The summed E-state index contributed by atoms with van der Waals surface area (Å²) in [5.74, 6) is 0.0488. The zero-order valence-electron chi connectivity index (χ0n) is 18.0. The molecule has 4 rings (SSSR count). The van der Waals surface area contributed by atoms with Crippen LogP contribution in [0.1, 0.15) is 5.69 Å². The Morgan fingerprint density at radius 2 is 1.73 bits per heavy atom. The Balaban J connectivity index is 1.82. The zero-order valence-corrected chi connectivity index (χ0v) is 18.8. The summed E-state index contributed by atoms with van der Waals surface area (Å²) >= 11 is 0. The predicted octanol–water partition coefficient (Wildman–Crippen LogP) is 3.19. The molecular weight excluding hydrogens is 442 g/mol. The second-order valence-corrected chi connectivity index (χ2v) is 9.26. The summed E-state index contributed by atoms with van der Waals surface area (Å²) in [4.78, 5) is 29.9. The maximum absolute atomic E-state index is 13.2. The van der Waals surface area contributed by atoms with Gasteiger partial charge in [0.05, 0.1) is 23.1 Å². The smallest absolute Gasteiger partial charge is 0.244 e. The van der Waals surface area contributed by atoms with Crippen molar-refractivity contribution in [1.82, 2.24) is 9.55 Å². The fraction of sp³-hybridized carbons (Fsp3) is 0.125. The zero-order chi connectivity index (χ0) is 23.6. The van der Waals surface area contributed by atoms with E-state index in [0.29, 0.717) is 17.1 Å². The van der Waals surface area contributed by atoms with Gasteiger partial charge < -0.3 is 14.6 Å². The van der Waals surface area contributed by atoms with Crippen molar-refractivity contribution in [3.8, 4) is 5.75 Å². The van der Waals surface area contributed by atoms with Gasteiger partial charge in [-0.25, -0.2) is 13.4 Å². The lowest BCUT2D eigenvalue weighted by Gasteiger charge is -2.14. The number of ether oxygens (including phenoxy) is 1. The molecule has 0 spiro atoms. The molecule has 0 aliphatic carbocycles. The first-order valence-corrected chi connectivity index (χ1v) is 11.5. The largest absolute Gasteiger partial charge is 0.495 e. The number of para-hydroxylation sites is 2. The van der Waals surface area contributed by atoms with Crippen LogP contribution in [-0.4, -0.2) is 31.0 Å². The van der Waals surface area contributed by atoms with E-state index in [4.69, 9.17) is 4.74 Å². The fourth-order valence-electron chi connectivity index (χ4n) is 3.46. The van der Waals surface area contributed by atoms with Gasteiger partial charge in [0.25, 0.3) is 0 Å². The lowest BCUT2D eigenvalue weighted by molar-refractivity contribution is -0.116. The lowest BCUT2D eigenvalue weighted by atomic mass is 10.2. The molecule has 2 aromatic heterocycles. The molecule has 2 heterocycles. The molecule has 0 bridgehead atoms. The van der Waals surface area contributed by atoms with Crippen molar-refractivity contribution in [2.24, 2.45) is 0 Å². The number of nitrogens with one attached hydrogen (secondary N) is 1. The predicted molar refractivity (Wildman–Crippen MR) is 124 cm³/mol. The normalized spacial score (nSPS) is 11.3. The van der Waals surface area contributed by atoms with E-state index in [0.717, 1.165) is 0 Å². The van der Waals surface area contributed by atoms with E-state index < -0.39 is 26.1 Å². The van der Waals surface area contributed by atoms with E-state index in [1.54, 1.807) is 55.5 Å². The van der Waals surface area contributed by atoms with Gasteiger partial charge >= 0.3 is 0 Å². The van der Waals surface area contributed by atoms with E-state index in [1.807, 2.05) is 0 Å². The molecule has 33 heavy (non-hydrogen) atoms.